The molecule has 6 nitrogen and oxygen atoms in total. The molecule has 1 aliphatic heterocycles. The van der Waals surface area contributed by atoms with E-state index in [1.165, 1.54) is 11.1 Å². The van der Waals surface area contributed by atoms with E-state index in [-0.39, 0.29) is 17.4 Å². The fraction of sp³-hybridized carbons (Fsp3) is 0.500. The number of fused-ring (bicyclic) bond motifs is 2. The number of aliphatic hydroxyl groups excluding tert-OH is 1. The van der Waals surface area contributed by atoms with Crippen LogP contribution in [0, 0.1) is 0 Å². The Morgan fingerprint density at radius 2 is 1.92 bits per heavy atom. The van der Waals surface area contributed by atoms with Gasteiger partial charge in [0.1, 0.15) is 5.69 Å². The van der Waals surface area contributed by atoms with Crippen LogP contribution in [0.1, 0.15) is 40.5 Å². The number of aryl methyl sites for hydroxylation is 1. The van der Waals surface area contributed by atoms with Gasteiger partial charge in [-0.15, -0.1) is 0 Å². The average molecular weight is 354 g/mol. The third-order valence-corrected chi connectivity index (χ3v) is 6.22. The lowest BCUT2D eigenvalue weighted by molar-refractivity contribution is -0.00162. The SMILES string of the molecule is CN(C)[C@@H]1c2ccccc2C2(CCN(C(=O)c3ccnn3C)CC2)[C@H]1O. The van der Waals surface area contributed by atoms with Gasteiger partial charge in [-0.1, -0.05) is 24.3 Å². The molecule has 1 aliphatic carbocycles. The molecule has 26 heavy (non-hydrogen) atoms. The average Bonchev–Trinajstić information content (AvgIpc) is 3.16. The summed E-state index contributed by atoms with van der Waals surface area (Å²) >= 11 is 0. The first kappa shape index (κ1) is 17.2. The van der Waals surface area contributed by atoms with Crippen molar-refractivity contribution in [2.24, 2.45) is 7.05 Å². The summed E-state index contributed by atoms with van der Waals surface area (Å²) in [6, 6.07) is 10.1. The lowest BCUT2D eigenvalue weighted by atomic mass is 9.72. The Hall–Kier alpha value is -2.18. The third-order valence-electron chi connectivity index (χ3n) is 6.22. The Morgan fingerprint density at radius 3 is 2.54 bits per heavy atom. The van der Waals surface area contributed by atoms with E-state index in [4.69, 9.17) is 0 Å². The number of likely N-dealkylation sites (tertiary alicyclic amines) is 1. The summed E-state index contributed by atoms with van der Waals surface area (Å²) in [6.07, 6.45) is 2.75. The fourth-order valence-electron chi connectivity index (χ4n) is 4.82. The predicted octanol–water partition coefficient (Wildman–Crippen LogP) is 1.57. The molecule has 0 saturated carbocycles. The van der Waals surface area contributed by atoms with Crippen LogP contribution in [0.5, 0.6) is 0 Å². The molecule has 2 heterocycles. The Labute approximate surface area is 154 Å². The van der Waals surface area contributed by atoms with Crippen LogP contribution in [-0.2, 0) is 12.5 Å². The molecule has 4 rings (SSSR count). The van der Waals surface area contributed by atoms with Crippen molar-refractivity contribution in [3.8, 4) is 0 Å². The minimum atomic E-state index is -0.455. The van der Waals surface area contributed by atoms with Crippen LogP contribution in [0.2, 0.25) is 0 Å². The van der Waals surface area contributed by atoms with Crippen LogP contribution in [0.25, 0.3) is 0 Å². The van der Waals surface area contributed by atoms with Crippen LogP contribution in [-0.4, -0.2) is 63.9 Å². The molecule has 1 aromatic carbocycles. The van der Waals surface area contributed by atoms with Gasteiger partial charge in [0.15, 0.2) is 0 Å². The summed E-state index contributed by atoms with van der Waals surface area (Å²) in [5.74, 6) is 0.0183. The number of aromatic nitrogens is 2. The normalized spacial score (nSPS) is 24.3. The van der Waals surface area contributed by atoms with Gasteiger partial charge in [-0.2, -0.15) is 5.10 Å². The minimum Gasteiger partial charge on any atom is -0.390 e. The van der Waals surface area contributed by atoms with Gasteiger partial charge < -0.3 is 14.9 Å². The summed E-state index contributed by atoms with van der Waals surface area (Å²) in [5, 5.41) is 15.3. The lowest BCUT2D eigenvalue weighted by Gasteiger charge is -2.43. The van der Waals surface area contributed by atoms with Crippen molar-refractivity contribution < 1.29 is 9.90 Å². The first-order valence-corrected chi connectivity index (χ1v) is 9.17. The van der Waals surface area contributed by atoms with Gasteiger partial charge in [-0.25, -0.2) is 0 Å². The van der Waals surface area contributed by atoms with Crippen LogP contribution in [0.15, 0.2) is 36.5 Å². The molecule has 0 radical (unpaired) electrons. The van der Waals surface area contributed by atoms with Crippen molar-refractivity contribution in [3.63, 3.8) is 0 Å². The van der Waals surface area contributed by atoms with Crippen LogP contribution >= 0.6 is 0 Å². The number of amides is 1. The van der Waals surface area contributed by atoms with E-state index in [1.807, 2.05) is 25.1 Å². The number of likely N-dealkylation sites (N-methyl/N-ethyl adjacent to an activating group) is 1. The van der Waals surface area contributed by atoms with E-state index in [9.17, 15) is 9.90 Å². The highest BCUT2D eigenvalue weighted by Crippen LogP contribution is 2.52. The van der Waals surface area contributed by atoms with Gasteiger partial charge >= 0.3 is 0 Å². The van der Waals surface area contributed by atoms with E-state index < -0.39 is 6.10 Å². The maximum absolute atomic E-state index is 12.8. The van der Waals surface area contributed by atoms with Gasteiger partial charge in [0.25, 0.3) is 5.91 Å². The van der Waals surface area contributed by atoms with E-state index >= 15 is 0 Å². The van der Waals surface area contributed by atoms with Gasteiger partial charge in [0.05, 0.1) is 12.1 Å². The molecule has 6 heteroatoms. The molecule has 1 spiro atoms. The van der Waals surface area contributed by atoms with Crippen LogP contribution in [0.4, 0.5) is 0 Å². The standard InChI is InChI=1S/C20H26N4O2/c1-22(2)17-14-6-4-5-7-15(14)20(18(17)25)9-12-24(13-10-20)19(26)16-8-11-21-23(16)3/h4-8,11,17-18,25H,9-10,12-13H2,1-3H3/t17-,18+/m1/s1. The highest BCUT2D eigenvalue weighted by atomic mass is 16.3. The second-order valence-corrected chi connectivity index (χ2v) is 7.73. The summed E-state index contributed by atoms with van der Waals surface area (Å²) in [4.78, 5) is 16.8. The largest absolute Gasteiger partial charge is 0.390 e. The Morgan fingerprint density at radius 1 is 1.23 bits per heavy atom. The van der Waals surface area contributed by atoms with Crippen molar-refractivity contribution in [1.29, 1.82) is 0 Å². The predicted molar refractivity (Wildman–Crippen MR) is 98.9 cm³/mol. The van der Waals surface area contributed by atoms with Crippen molar-refractivity contribution in [2.75, 3.05) is 27.2 Å². The molecular weight excluding hydrogens is 328 g/mol. The first-order valence-electron chi connectivity index (χ1n) is 9.17. The highest BCUT2D eigenvalue weighted by Gasteiger charge is 2.53. The summed E-state index contributed by atoms with van der Waals surface area (Å²) in [6.45, 7) is 1.30. The number of hydrogen-bond acceptors (Lipinski definition) is 4. The van der Waals surface area contributed by atoms with E-state index in [0.29, 0.717) is 18.8 Å². The molecule has 1 saturated heterocycles. The number of benzene rings is 1. The van der Waals surface area contributed by atoms with Crippen molar-refractivity contribution >= 4 is 5.91 Å². The number of nitrogens with zero attached hydrogens (tertiary/aromatic N) is 4. The van der Waals surface area contributed by atoms with Crippen LogP contribution < -0.4 is 0 Å². The summed E-state index contributed by atoms with van der Waals surface area (Å²) in [5.41, 5.74) is 2.81. The highest BCUT2D eigenvalue weighted by molar-refractivity contribution is 5.92. The Bertz CT molecular complexity index is 821. The molecule has 0 unspecified atom stereocenters. The molecule has 2 aromatic rings. The van der Waals surface area contributed by atoms with Gasteiger partial charge in [0.2, 0.25) is 0 Å². The molecule has 0 bridgehead atoms. The first-order chi connectivity index (χ1) is 12.5. The van der Waals surface area contributed by atoms with Crippen molar-refractivity contribution in [2.45, 2.75) is 30.4 Å². The third kappa shape index (κ3) is 2.40. The minimum absolute atomic E-state index is 0.00512. The second-order valence-electron chi connectivity index (χ2n) is 7.73. The summed E-state index contributed by atoms with van der Waals surface area (Å²) < 4.78 is 1.62. The smallest absolute Gasteiger partial charge is 0.272 e. The topological polar surface area (TPSA) is 61.6 Å². The number of carbonyl (C=O) groups is 1. The zero-order valence-corrected chi connectivity index (χ0v) is 15.6. The lowest BCUT2D eigenvalue weighted by Crippen LogP contribution is -2.50. The zero-order valence-electron chi connectivity index (χ0n) is 15.6. The number of aliphatic hydroxyl groups is 1. The zero-order chi connectivity index (χ0) is 18.5. The molecule has 1 aromatic heterocycles. The molecule has 2 atom stereocenters. The van der Waals surface area contributed by atoms with E-state index in [2.05, 4.69) is 28.2 Å². The van der Waals surface area contributed by atoms with Crippen LogP contribution in [0.3, 0.4) is 0 Å². The number of carbonyl (C=O) groups excluding carboxylic acids is 1. The number of rotatable bonds is 2. The fourth-order valence-corrected chi connectivity index (χ4v) is 4.82. The maximum atomic E-state index is 12.8. The number of hydrogen-bond donors (Lipinski definition) is 1. The second kappa shape index (κ2) is 6.21. The van der Waals surface area contributed by atoms with Gasteiger partial charge in [-0.05, 0) is 44.1 Å². The van der Waals surface area contributed by atoms with E-state index in [1.54, 1.807) is 24.0 Å². The monoisotopic (exact) mass is 354 g/mol. The van der Waals surface area contributed by atoms with E-state index in [0.717, 1.165) is 12.8 Å². The molecule has 138 valence electrons. The molecule has 1 amide bonds. The summed E-state index contributed by atoms with van der Waals surface area (Å²) in [7, 11) is 5.83. The Kier molecular flexibility index (Phi) is 4.12. The Balaban J connectivity index is 1.60. The maximum Gasteiger partial charge on any atom is 0.272 e. The van der Waals surface area contributed by atoms with Gasteiger partial charge in [0, 0.05) is 31.7 Å². The van der Waals surface area contributed by atoms with Gasteiger partial charge in [-0.3, -0.25) is 9.48 Å². The molecular formula is C20H26N4O2. The molecule has 1 fully saturated rings. The molecule has 2 aliphatic rings. The quantitative estimate of drug-likeness (QED) is 0.889. The van der Waals surface area contributed by atoms with Crippen molar-refractivity contribution in [1.82, 2.24) is 19.6 Å². The van der Waals surface area contributed by atoms with Crippen molar-refractivity contribution in [3.05, 3.63) is 53.3 Å². The number of piperidine rings is 1. The molecule has 1 N–H and O–H groups in total.